The van der Waals surface area contributed by atoms with Crippen molar-refractivity contribution in [1.82, 2.24) is 4.57 Å². The van der Waals surface area contributed by atoms with Crippen molar-refractivity contribution in [3.8, 4) is 11.5 Å². The number of hydrogen-bond donors (Lipinski definition) is 0. The summed E-state index contributed by atoms with van der Waals surface area (Å²) in [6, 6.07) is 11.7. The summed E-state index contributed by atoms with van der Waals surface area (Å²) in [7, 11) is 3.56. The number of hydrogen-bond acceptors (Lipinski definition) is 4. The maximum Gasteiger partial charge on any atom is 0.252 e. The molecule has 1 aromatic heterocycles. The normalized spacial score (nSPS) is 11.8. The van der Waals surface area contributed by atoms with E-state index < -0.39 is 0 Å². The second kappa shape index (κ2) is 7.74. The zero-order valence-electron chi connectivity index (χ0n) is 15.4. The highest BCUT2D eigenvalue weighted by Gasteiger charge is 2.08. The van der Waals surface area contributed by atoms with Crippen LogP contribution in [0.3, 0.4) is 0 Å². The molecule has 1 heterocycles. The summed E-state index contributed by atoms with van der Waals surface area (Å²) in [4.78, 5) is 17.4. The van der Waals surface area contributed by atoms with E-state index in [2.05, 4.69) is 4.99 Å². The van der Waals surface area contributed by atoms with Gasteiger partial charge in [-0.25, -0.2) is 0 Å². The molecule has 0 aliphatic carbocycles. The van der Waals surface area contributed by atoms with E-state index >= 15 is 0 Å². The van der Waals surface area contributed by atoms with Crippen LogP contribution in [0.2, 0.25) is 0 Å². The number of fused-ring (bicyclic) bond motifs is 1. The first-order valence-corrected chi connectivity index (χ1v) is 9.27. The maximum absolute atomic E-state index is 12.4. The number of aromatic nitrogens is 1. The van der Waals surface area contributed by atoms with Crippen molar-refractivity contribution in [3.63, 3.8) is 0 Å². The number of thiazole rings is 1. The quantitative estimate of drug-likeness (QED) is 0.689. The van der Waals surface area contributed by atoms with Crippen molar-refractivity contribution >= 4 is 27.5 Å². The smallest absolute Gasteiger partial charge is 0.252 e. The lowest BCUT2D eigenvalue weighted by Gasteiger charge is -2.05. The number of ether oxygens (including phenoxy) is 2. The molecule has 0 spiro atoms. The van der Waals surface area contributed by atoms with Crippen LogP contribution in [-0.4, -0.2) is 24.2 Å². The summed E-state index contributed by atoms with van der Waals surface area (Å²) in [6.07, 6.45) is 0.267. The van der Waals surface area contributed by atoms with Gasteiger partial charge in [-0.1, -0.05) is 23.5 Å². The number of carbonyl (C=O) groups excluding carboxylic acids is 1. The number of methoxy groups -OCH3 is 1. The third-order valence-electron chi connectivity index (χ3n) is 4.13. The fourth-order valence-electron chi connectivity index (χ4n) is 2.85. The Morgan fingerprint density at radius 1 is 1.23 bits per heavy atom. The Morgan fingerprint density at radius 2 is 2.04 bits per heavy atom. The molecular formula is C20H22N2O3S. The molecule has 0 radical (unpaired) electrons. The van der Waals surface area contributed by atoms with E-state index in [-0.39, 0.29) is 12.3 Å². The number of nitrogens with zero attached hydrogens (tertiary/aromatic N) is 2. The van der Waals surface area contributed by atoms with Gasteiger partial charge in [0, 0.05) is 7.05 Å². The molecule has 3 rings (SSSR count). The first kappa shape index (κ1) is 18.2. The van der Waals surface area contributed by atoms with E-state index in [1.54, 1.807) is 7.11 Å². The average Bonchev–Trinajstić information content (AvgIpc) is 2.90. The maximum atomic E-state index is 12.4. The first-order chi connectivity index (χ1) is 12.5. The van der Waals surface area contributed by atoms with Crippen LogP contribution in [0, 0.1) is 6.92 Å². The van der Waals surface area contributed by atoms with Crippen molar-refractivity contribution in [2.75, 3.05) is 13.7 Å². The lowest BCUT2D eigenvalue weighted by molar-refractivity contribution is -0.117. The van der Waals surface area contributed by atoms with Crippen molar-refractivity contribution in [1.29, 1.82) is 0 Å². The van der Waals surface area contributed by atoms with Gasteiger partial charge in [0.2, 0.25) is 0 Å². The summed E-state index contributed by atoms with van der Waals surface area (Å²) in [6.45, 7) is 4.55. The van der Waals surface area contributed by atoms with Gasteiger partial charge >= 0.3 is 0 Å². The highest BCUT2D eigenvalue weighted by Crippen LogP contribution is 2.23. The molecule has 3 aromatic rings. The van der Waals surface area contributed by atoms with Crippen LogP contribution in [0.15, 0.2) is 41.4 Å². The molecule has 26 heavy (non-hydrogen) atoms. The molecule has 0 saturated heterocycles. The van der Waals surface area contributed by atoms with E-state index in [0.29, 0.717) is 11.4 Å². The van der Waals surface area contributed by atoms with E-state index in [0.717, 1.165) is 32.8 Å². The molecule has 0 bridgehead atoms. The summed E-state index contributed by atoms with van der Waals surface area (Å²) in [5.74, 6) is 1.48. The number of aryl methyl sites for hydroxylation is 2. The Kier molecular flexibility index (Phi) is 5.42. The molecule has 0 saturated carbocycles. The van der Waals surface area contributed by atoms with Gasteiger partial charge in [0.1, 0.15) is 11.5 Å². The Labute approximate surface area is 156 Å². The Morgan fingerprint density at radius 3 is 2.73 bits per heavy atom. The summed E-state index contributed by atoms with van der Waals surface area (Å²) in [5, 5.41) is 0. The van der Waals surface area contributed by atoms with Crippen LogP contribution in [0.1, 0.15) is 18.1 Å². The number of carbonyl (C=O) groups is 1. The summed E-state index contributed by atoms with van der Waals surface area (Å²) < 4.78 is 13.8. The molecule has 0 unspecified atom stereocenters. The van der Waals surface area contributed by atoms with Crippen molar-refractivity contribution in [3.05, 3.63) is 52.3 Å². The summed E-state index contributed by atoms with van der Waals surface area (Å²) in [5.41, 5.74) is 2.97. The lowest BCUT2D eigenvalue weighted by Crippen LogP contribution is -2.14. The van der Waals surface area contributed by atoms with Gasteiger partial charge in [-0.15, -0.1) is 0 Å². The van der Waals surface area contributed by atoms with E-state index in [1.165, 1.54) is 11.3 Å². The third kappa shape index (κ3) is 3.80. The predicted molar refractivity (Wildman–Crippen MR) is 104 cm³/mol. The van der Waals surface area contributed by atoms with Crippen LogP contribution in [0.4, 0.5) is 0 Å². The van der Waals surface area contributed by atoms with E-state index in [1.807, 2.05) is 61.9 Å². The van der Waals surface area contributed by atoms with Crippen LogP contribution >= 0.6 is 11.3 Å². The molecule has 6 heteroatoms. The molecule has 0 N–H and O–H groups in total. The minimum Gasteiger partial charge on any atom is -0.496 e. The van der Waals surface area contributed by atoms with Gasteiger partial charge in [-0.2, -0.15) is 4.99 Å². The molecule has 0 aliphatic rings. The standard InChI is InChI=1S/C20H22N2O3S/c1-5-25-15-7-8-16-18(12-15)26-20(22(16)3)21-19(23)11-14-6-9-17(24-4)13(2)10-14/h6-10,12H,5,11H2,1-4H3. The second-order valence-corrected chi connectivity index (χ2v) is 7.00. The molecule has 0 atom stereocenters. The number of rotatable bonds is 5. The predicted octanol–water partition coefficient (Wildman–Crippen LogP) is 3.63. The molecule has 0 fully saturated rings. The van der Waals surface area contributed by atoms with Crippen molar-refractivity contribution < 1.29 is 14.3 Å². The largest absolute Gasteiger partial charge is 0.496 e. The molecular weight excluding hydrogens is 348 g/mol. The molecule has 1 amide bonds. The minimum atomic E-state index is -0.165. The van der Waals surface area contributed by atoms with Crippen LogP contribution in [0.5, 0.6) is 11.5 Å². The number of benzene rings is 2. The topological polar surface area (TPSA) is 52.8 Å². The Bertz CT molecular complexity index is 1020. The molecule has 136 valence electrons. The van der Waals surface area contributed by atoms with Gasteiger partial charge in [-0.3, -0.25) is 4.79 Å². The zero-order chi connectivity index (χ0) is 18.7. The van der Waals surface area contributed by atoms with Gasteiger partial charge in [0.15, 0.2) is 4.80 Å². The average molecular weight is 370 g/mol. The molecule has 2 aromatic carbocycles. The van der Waals surface area contributed by atoms with Crippen LogP contribution in [0.25, 0.3) is 10.2 Å². The SMILES string of the molecule is CCOc1ccc2c(c1)sc(=NC(=O)Cc1ccc(OC)c(C)c1)n2C. The van der Waals surface area contributed by atoms with E-state index in [9.17, 15) is 4.79 Å². The summed E-state index contributed by atoms with van der Waals surface area (Å²) >= 11 is 1.49. The fourth-order valence-corrected chi connectivity index (χ4v) is 3.91. The van der Waals surface area contributed by atoms with E-state index in [4.69, 9.17) is 9.47 Å². The van der Waals surface area contributed by atoms with Crippen LogP contribution < -0.4 is 14.3 Å². The lowest BCUT2D eigenvalue weighted by atomic mass is 10.1. The monoisotopic (exact) mass is 370 g/mol. The Hall–Kier alpha value is -2.60. The first-order valence-electron chi connectivity index (χ1n) is 8.45. The van der Waals surface area contributed by atoms with Gasteiger partial charge in [0.05, 0.1) is 30.4 Å². The van der Waals surface area contributed by atoms with Gasteiger partial charge in [0.25, 0.3) is 5.91 Å². The van der Waals surface area contributed by atoms with Crippen molar-refractivity contribution in [2.24, 2.45) is 12.0 Å². The highest BCUT2D eigenvalue weighted by molar-refractivity contribution is 7.16. The van der Waals surface area contributed by atoms with Crippen LogP contribution in [-0.2, 0) is 18.3 Å². The fraction of sp³-hybridized carbons (Fsp3) is 0.300. The van der Waals surface area contributed by atoms with Gasteiger partial charge < -0.3 is 14.0 Å². The third-order valence-corrected chi connectivity index (χ3v) is 5.22. The Balaban J connectivity index is 1.87. The minimum absolute atomic E-state index is 0.165. The number of amides is 1. The zero-order valence-corrected chi connectivity index (χ0v) is 16.2. The molecule has 0 aliphatic heterocycles. The molecule has 5 nitrogen and oxygen atoms in total. The van der Waals surface area contributed by atoms with Crippen molar-refractivity contribution in [2.45, 2.75) is 20.3 Å². The highest BCUT2D eigenvalue weighted by atomic mass is 32.1. The van der Waals surface area contributed by atoms with Gasteiger partial charge in [-0.05, 0) is 49.2 Å². The second-order valence-electron chi connectivity index (χ2n) is 5.99.